The van der Waals surface area contributed by atoms with Crippen LogP contribution in [0.3, 0.4) is 0 Å². The number of para-hydroxylation sites is 1. The summed E-state index contributed by atoms with van der Waals surface area (Å²) in [6.07, 6.45) is 1.37. The van der Waals surface area contributed by atoms with E-state index in [4.69, 9.17) is 0 Å². The summed E-state index contributed by atoms with van der Waals surface area (Å²) < 4.78 is 1.36. The first-order chi connectivity index (χ1) is 11.1. The minimum Gasteiger partial charge on any atom is -0.322 e. The number of nitro benzene ring substituents is 1. The van der Waals surface area contributed by atoms with Crippen LogP contribution in [-0.2, 0) is 0 Å². The molecule has 1 aromatic heterocycles. The van der Waals surface area contributed by atoms with Crippen molar-refractivity contribution in [1.82, 2.24) is 20.2 Å². The summed E-state index contributed by atoms with van der Waals surface area (Å²) >= 11 is 0. The summed E-state index contributed by atoms with van der Waals surface area (Å²) in [6.45, 7) is 0. The molecule has 3 rings (SSSR count). The van der Waals surface area contributed by atoms with Gasteiger partial charge in [0.1, 0.15) is 6.33 Å². The Balaban J connectivity index is 1.90. The van der Waals surface area contributed by atoms with Gasteiger partial charge in [-0.15, -0.1) is 5.10 Å². The standard InChI is InChI=1S/C14H10N6O3/c21-14(16-10-4-3-5-11(8-10)20(22)23)12-6-1-2-7-13(12)19-9-15-17-18-19/h1-9H,(H,16,21). The van der Waals surface area contributed by atoms with Crippen molar-refractivity contribution >= 4 is 17.3 Å². The predicted molar refractivity (Wildman–Crippen MR) is 80.2 cm³/mol. The fraction of sp³-hybridized carbons (Fsp3) is 0. The number of nitrogens with zero attached hydrogens (tertiary/aromatic N) is 5. The van der Waals surface area contributed by atoms with Crippen LogP contribution in [0.25, 0.3) is 5.69 Å². The van der Waals surface area contributed by atoms with Gasteiger partial charge in [0.05, 0.1) is 16.2 Å². The lowest BCUT2D eigenvalue weighted by atomic mass is 10.1. The highest BCUT2D eigenvalue weighted by molar-refractivity contribution is 6.06. The van der Waals surface area contributed by atoms with E-state index >= 15 is 0 Å². The van der Waals surface area contributed by atoms with Gasteiger partial charge in [0.25, 0.3) is 11.6 Å². The maximum atomic E-state index is 12.4. The Morgan fingerprint density at radius 1 is 1.17 bits per heavy atom. The second-order valence-corrected chi connectivity index (χ2v) is 4.53. The molecule has 0 atom stereocenters. The summed E-state index contributed by atoms with van der Waals surface area (Å²) in [5.74, 6) is -0.420. The highest BCUT2D eigenvalue weighted by Gasteiger charge is 2.14. The molecule has 1 N–H and O–H groups in total. The van der Waals surface area contributed by atoms with Crippen LogP contribution >= 0.6 is 0 Å². The molecule has 1 heterocycles. The van der Waals surface area contributed by atoms with E-state index in [1.54, 1.807) is 30.3 Å². The van der Waals surface area contributed by atoms with E-state index in [1.165, 1.54) is 29.2 Å². The Kier molecular flexibility index (Phi) is 3.75. The average Bonchev–Trinajstić information content (AvgIpc) is 3.09. The highest BCUT2D eigenvalue weighted by atomic mass is 16.6. The SMILES string of the molecule is O=C(Nc1cccc([N+](=O)[O-])c1)c1ccccc1-n1cnnn1. The molecule has 0 bridgehead atoms. The fourth-order valence-corrected chi connectivity index (χ4v) is 2.03. The van der Waals surface area contributed by atoms with Crippen molar-refractivity contribution in [3.8, 4) is 5.69 Å². The van der Waals surface area contributed by atoms with Crippen molar-refractivity contribution in [3.63, 3.8) is 0 Å². The molecule has 23 heavy (non-hydrogen) atoms. The molecule has 2 aromatic carbocycles. The van der Waals surface area contributed by atoms with Crippen LogP contribution in [0, 0.1) is 10.1 Å². The lowest BCUT2D eigenvalue weighted by molar-refractivity contribution is -0.384. The first-order valence-electron chi connectivity index (χ1n) is 6.53. The topological polar surface area (TPSA) is 116 Å². The number of non-ortho nitro benzene ring substituents is 1. The van der Waals surface area contributed by atoms with Gasteiger partial charge in [-0.25, -0.2) is 0 Å². The molecule has 3 aromatic rings. The zero-order chi connectivity index (χ0) is 16.2. The number of nitrogens with one attached hydrogen (secondary N) is 1. The Morgan fingerprint density at radius 2 is 2.00 bits per heavy atom. The van der Waals surface area contributed by atoms with Gasteiger partial charge in [-0.05, 0) is 28.6 Å². The number of nitro groups is 1. The Labute approximate surface area is 129 Å². The largest absolute Gasteiger partial charge is 0.322 e. The molecular weight excluding hydrogens is 300 g/mol. The zero-order valence-electron chi connectivity index (χ0n) is 11.7. The third-order valence-electron chi connectivity index (χ3n) is 3.06. The van der Waals surface area contributed by atoms with Gasteiger partial charge >= 0.3 is 0 Å². The quantitative estimate of drug-likeness (QED) is 0.580. The maximum Gasteiger partial charge on any atom is 0.271 e. The third kappa shape index (κ3) is 3.02. The monoisotopic (exact) mass is 310 g/mol. The molecule has 0 spiro atoms. The van der Waals surface area contributed by atoms with Crippen molar-refractivity contribution in [3.05, 3.63) is 70.5 Å². The fourth-order valence-electron chi connectivity index (χ4n) is 2.03. The number of amides is 1. The molecule has 0 radical (unpaired) electrons. The van der Waals surface area contributed by atoms with Crippen LogP contribution in [0.1, 0.15) is 10.4 Å². The first kappa shape index (κ1) is 14.3. The number of hydrogen-bond acceptors (Lipinski definition) is 6. The van der Waals surface area contributed by atoms with Crippen molar-refractivity contribution in [2.45, 2.75) is 0 Å². The minimum absolute atomic E-state index is 0.100. The molecule has 114 valence electrons. The summed E-state index contributed by atoms with van der Waals surface area (Å²) in [5.41, 5.74) is 1.07. The summed E-state index contributed by atoms with van der Waals surface area (Å²) in [5, 5.41) is 24.3. The number of hydrogen-bond donors (Lipinski definition) is 1. The Bertz CT molecular complexity index is 862. The first-order valence-corrected chi connectivity index (χ1v) is 6.53. The average molecular weight is 310 g/mol. The van der Waals surface area contributed by atoms with E-state index in [-0.39, 0.29) is 5.69 Å². The molecule has 0 aliphatic carbocycles. The van der Waals surface area contributed by atoms with Gasteiger partial charge < -0.3 is 5.32 Å². The summed E-state index contributed by atoms with van der Waals surface area (Å²) in [6, 6.07) is 12.5. The van der Waals surface area contributed by atoms with Crippen LogP contribution in [0.5, 0.6) is 0 Å². The molecular formula is C14H10N6O3. The molecule has 0 unspecified atom stereocenters. The molecule has 9 heteroatoms. The van der Waals surface area contributed by atoms with Crippen molar-refractivity contribution in [2.75, 3.05) is 5.32 Å². The van der Waals surface area contributed by atoms with Crippen LogP contribution in [0.15, 0.2) is 54.9 Å². The number of rotatable bonds is 4. The van der Waals surface area contributed by atoms with Crippen LogP contribution in [0.2, 0.25) is 0 Å². The van der Waals surface area contributed by atoms with Gasteiger partial charge in [-0.2, -0.15) is 4.68 Å². The minimum atomic E-state index is -0.523. The molecule has 1 amide bonds. The maximum absolute atomic E-state index is 12.4. The number of aromatic nitrogens is 4. The Morgan fingerprint density at radius 3 is 2.74 bits per heavy atom. The van der Waals surface area contributed by atoms with E-state index in [0.29, 0.717) is 16.9 Å². The van der Waals surface area contributed by atoms with Crippen molar-refractivity contribution in [1.29, 1.82) is 0 Å². The number of carbonyl (C=O) groups excluding carboxylic acids is 1. The second-order valence-electron chi connectivity index (χ2n) is 4.53. The number of carbonyl (C=O) groups is 1. The van der Waals surface area contributed by atoms with Crippen molar-refractivity contribution in [2.24, 2.45) is 0 Å². The Hall–Kier alpha value is -3.62. The van der Waals surface area contributed by atoms with E-state index in [0.717, 1.165) is 0 Å². The zero-order valence-corrected chi connectivity index (χ0v) is 11.7. The van der Waals surface area contributed by atoms with Crippen LogP contribution in [0.4, 0.5) is 11.4 Å². The van der Waals surface area contributed by atoms with Gasteiger partial charge in [-0.3, -0.25) is 14.9 Å². The van der Waals surface area contributed by atoms with Crippen molar-refractivity contribution < 1.29 is 9.72 Å². The van der Waals surface area contributed by atoms with Gasteiger partial charge in [0.2, 0.25) is 0 Å². The van der Waals surface area contributed by atoms with Crippen LogP contribution < -0.4 is 5.32 Å². The lowest BCUT2D eigenvalue weighted by Gasteiger charge is -2.09. The number of tetrazole rings is 1. The molecule has 9 nitrogen and oxygen atoms in total. The van der Waals surface area contributed by atoms with E-state index in [9.17, 15) is 14.9 Å². The number of anilines is 1. The number of benzene rings is 2. The van der Waals surface area contributed by atoms with Crippen LogP contribution in [-0.4, -0.2) is 31.0 Å². The molecule has 0 aliphatic heterocycles. The predicted octanol–water partition coefficient (Wildman–Crippen LogP) is 1.82. The molecule has 0 fully saturated rings. The smallest absolute Gasteiger partial charge is 0.271 e. The molecule has 0 saturated heterocycles. The highest BCUT2D eigenvalue weighted by Crippen LogP contribution is 2.19. The van der Waals surface area contributed by atoms with E-state index in [2.05, 4.69) is 20.8 Å². The molecule has 0 saturated carbocycles. The molecule has 0 aliphatic rings. The second kappa shape index (κ2) is 6.02. The summed E-state index contributed by atoms with van der Waals surface area (Å²) in [7, 11) is 0. The third-order valence-corrected chi connectivity index (χ3v) is 3.06. The normalized spacial score (nSPS) is 10.3. The summed E-state index contributed by atoms with van der Waals surface area (Å²) in [4.78, 5) is 22.7. The van der Waals surface area contributed by atoms with Gasteiger partial charge in [0, 0.05) is 17.8 Å². The van der Waals surface area contributed by atoms with Gasteiger partial charge in [0.15, 0.2) is 0 Å². The van der Waals surface area contributed by atoms with E-state index in [1.807, 2.05) is 0 Å². The van der Waals surface area contributed by atoms with E-state index < -0.39 is 10.8 Å². The lowest BCUT2D eigenvalue weighted by Crippen LogP contribution is -2.15. The van der Waals surface area contributed by atoms with Gasteiger partial charge in [-0.1, -0.05) is 18.2 Å².